The largest absolute Gasteiger partial charge is 0.337 e. The molecule has 0 amide bonds. The number of quaternary nitrogens is 3. The van der Waals surface area contributed by atoms with Crippen LogP contribution in [0.4, 0.5) is 0 Å². The van der Waals surface area contributed by atoms with Gasteiger partial charge in [0.15, 0.2) is 0 Å². The molecule has 0 aromatic carbocycles. The summed E-state index contributed by atoms with van der Waals surface area (Å²) in [6.07, 6.45) is 25.6. The first kappa shape index (κ1) is 38.1. The van der Waals surface area contributed by atoms with Crippen molar-refractivity contribution in [1.82, 2.24) is 0 Å². The second-order valence-electron chi connectivity index (χ2n) is 12.9. The number of nitrogens with zero attached hydrogens (tertiary/aromatic N) is 2. The Bertz CT molecular complexity index is 387. The second kappa shape index (κ2) is 25.3. The molecule has 0 aliphatic rings. The van der Waals surface area contributed by atoms with Crippen molar-refractivity contribution in [3.63, 3.8) is 0 Å². The molecule has 35 heavy (non-hydrogen) atoms. The fourth-order valence-electron chi connectivity index (χ4n) is 5.31. The van der Waals surface area contributed by atoms with Gasteiger partial charge < -0.3 is 13.9 Å². The van der Waals surface area contributed by atoms with Crippen molar-refractivity contribution < 1.29 is 46.6 Å². The molecule has 4 heteroatoms. The van der Waals surface area contributed by atoms with E-state index in [0.717, 1.165) is 0 Å². The molecule has 0 aliphatic carbocycles. The number of hydrogen-bond donors (Lipinski definition) is 1. The van der Waals surface area contributed by atoms with Gasteiger partial charge in [-0.1, -0.05) is 90.9 Å². The smallest absolute Gasteiger partial charge is 0.0836 e. The minimum atomic E-state index is 0. The van der Waals surface area contributed by atoms with E-state index < -0.39 is 0 Å². The van der Waals surface area contributed by atoms with Crippen LogP contribution in [0.15, 0.2) is 0 Å². The average molecular weight is 574 g/mol. The Hall–Kier alpha value is 0.984. The maximum Gasteiger partial charge on any atom is 0.0836 e. The van der Waals surface area contributed by atoms with Crippen molar-refractivity contribution in [2.75, 3.05) is 74.5 Å². The quantitative estimate of drug-likeness (QED) is 0.0867. The first-order valence-electron chi connectivity index (χ1n) is 15.7. The van der Waals surface area contributed by atoms with Gasteiger partial charge in [-0.25, -0.2) is 0 Å². The van der Waals surface area contributed by atoms with Crippen molar-refractivity contribution in [3.8, 4) is 0 Å². The van der Waals surface area contributed by atoms with Crippen LogP contribution in [0.1, 0.15) is 129 Å². The summed E-state index contributed by atoms with van der Waals surface area (Å²) in [5, 5.41) is 0. The van der Waals surface area contributed by atoms with Crippen molar-refractivity contribution >= 4 is 0 Å². The summed E-state index contributed by atoms with van der Waals surface area (Å²) in [4.78, 5) is 1.74. The van der Waals surface area contributed by atoms with Crippen LogP contribution >= 0.6 is 0 Å². The summed E-state index contributed by atoms with van der Waals surface area (Å²) >= 11 is 0. The van der Waals surface area contributed by atoms with Gasteiger partial charge in [0, 0.05) is 45.6 Å². The summed E-state index contributed by atoms with van der Waals surface area (Å²) in [7, 11) is 12.2. The predicted octanol–water partition coefficient (Wildman–Crippen LogP) is 6.71. The molecular weight excluding hydrogens is 503 g/mol. The zero-order valence-corrected chi connectivity index (χ0v) is 28.8. The first-order chi connectivity index (χ1) is 16.2. The molecule has 209 valence electrons. The molecular formula is C31H70N3Y+3. The monoisotopic (exact) mass is 573 g/mol. The Balaban J connectivity index is 0. The van der Waals surface area contributed by atoms with Gasteiger partial charge in [-0.15, -0.1) is 0 Å². The van der Waals surface area contributed by atoms with Crippen LogP contribution in [0.25, 0.3) is 0 Å². The molecule has 3 nitrogen and oxygen atoms in total. The van der Waals surface area contributed by atoms with Crippen molar-refractivity contribution in [1.29, 1.82) is 0 Å². The summed E-state index contributed by atoms with van der Waals surface area (Å²) < 4.78 is 2.43. The van der Waals surface area contributed by atoms with Crippen LogP contribution in [0.5, 0.6) is 0 Å². The Morgan fingerprint density at radius 1 is 0.400 bits per heavy atom. The van der Waals surface area contributed by atoms with Crippen molar-refractivity contribution in [2.24, 2.45) is 0 Å². The molecule has 0 saturated heterocycles. The number of unbranched alkanes of at least 4 members (excludes halogenated alkanes) is 14. The summed E-state index contributed by atoms with van der Waals surface area (Å²) in [5.74, 6) is 0. The van der Waals surface area contributed by atoms with E-state index in [0.29, 0.717) is 0 Å². The van der Waals surface area contributed by atoms with E-state index in [1.807, 2.05) is 0 Å². The Morgan fingerprint density at radius 3 is 0.971 bits per heavy atom. The van der Waals surface area contributed by atoms with Gasteiger partial charge in [0.2, 0.25) is 0 Å². The molecule has 0 spiro atoms. The Morgan fingerprint density at radius 2 is 0.657 bits per heavy atom. The van der Waals surface area contributed by atoms with Crippen LogP contribution in [0.3, 0.4) is 0 Å². The van der Waals surface area contributed by atoms with Gasteiger partial charge in [-0.05, 0) is 25.7 Å². The molecule has 1 N–H and O–H groups in total. The van der Waals surface area contributed by atoms with E-state index in [9.17, 15) is 0 Å². The fraction of sp³-hybridized carbons (Fsp3) is 1.00. The third-order valence-corrected chi connectivity index (χ3v) is 7.97. The number of nitrogens with one attached hydrogen (secondary N) is 1. The van der Waals surface area contributed by atoms with Gasteiger partial charge in [0.25, 0.3) is 0 Å². The Labute approximate surface area is 249 Å². The molecule has 0 aromatic heterocycles. The van der Waals surface area contributed by atoms with Crippen molar-refractivity contribution in [2.45, 2.75) is 129 Å². The number of rotatable bonds is 26. The van der Waals surface area contributed by atoms with Crippen molar-refractivity contribution in [3.05, 3.63) is 0 Å². The van der Waals surface area contributed by atoms with Gasteiger partial charge in [0.05, 0.1) is 74.5 Å². The van der Waals surface area contributed by atoms with E-state index in [1.165, 1.54) is 164 Å². The SMILES string of the molecule is CCCCCCCCCC[N+](C)(C)CCC[NH+](C)CCC[N+](C)(C)CCCCCCCCCC.[Y]. The summed E-state index contributed by atoms with van der Waals surface area (Å²) in [5.41, 5.74) is 0. The topological polar surface area (TPSA) is 4.44 Å². The molecule has 0 heterocycles. The molecule has 1 radical (unpaired) electrons. The molecule has 0 bridgehead atoms. The fourth-order valence-corrected chi connectivity index (χ4v) is 5.31. The van der Waals surface area contributed by atoms with E-state index in [4.69, 9.17) is 0 Å². The van der Waals surface area contributed by atoms with Crippen LogP contribution in [-0.4, -0.2) is 83.5 Å². The van der Waals surface area contributed by atoms with Gasteiger partial charge in [0.1, 0.15) is 0 Å². The van der Waals surface area contributed by atoms with Crippen LogP contribution in [0, 0.1) is 0 Å². The van der Waals surface area contributed by atoms with Gasteiger partial charge in [-0.2, -0.15) is 0 Å². The summed E-state index contributed by atoms with van der Waals surface area (Å²) in [6.45, 7) is 12.7. The minimum absolute atomic E-state index is 0. The van der Waals surface area contributed by atoms with Crippen LogP contribution in [0.2, 0.25) is 0 Å². The molecule has 0 atom stereocenters. The predicted molar refractivity (Wildman–Crippen MR) is 155 cm³/mol. The number of hydrogen-bond acceptors (Lipinski definition) is 0. The minimum Gasteiger partial charge on any atom is -0.337 e. The molecule has 0 saturated carbocycles. The molecule has 0 unspecified atom stereocenters. The zero-order valence-electron chi connectivity index (χ0n) is 25.9. The van der Waals surface area contributed by atoms with Crippen LogP contribution in [-0.2, 0) is 32.7 Å². The Kier molecular flexibility index (Phi) is 27.5. The first-order valence-corrected chi connectivity index (χ1v) is 15.7. The van der Waals surface area contributed by atoms with Crippen LogP contribution < -0.4 is 4.90 Å². The normalized spacial score (nSPS) is 12.3. The molecule has 0 fully saturated rings. The third kappa shape index (κ3) is 27.8. The molecule has 0 aliphatic heterocycles. The summed E-state index contributed by atoms with van der Waals surface area (Å²) in [6, 6.07) is 0. The van der Waals surface area contributed by atoms with Gasteiger partial charge >= 0.3 is 0 Å². The van der Waals surface area contributed by atoms with E-state index >= 15 is 0 Å². The molecule has 0 aromatic rings. The zero-order chi connectivity index (χ0) is 25.5. The van der Waals surface area contributed by atoms with E-state index in [2.05, 4.69) is 49.1 Å². The standard InChI is InChI=1S/C31H69N3.Y/c1-8-10-12-14-16-18-20-22-28-33(4,5)30-24-26-32(3)27-25-31-34(6,7)29-23-21-19-17-15-13-11-9-2;/h8-31H2,1-7H3;/q+2;/p+1. The van der Waals surface area contributed by atoms with E-state index in [-0.39, 0.29) is 32.7 Å². The third-order valence-electron chi connectivity index (χ3n) is 7.97. The van der Waals surface area contributed by atoms with Gasteiger partial charge in [-0.3, -0.25) is 0 Å². The maximum absolute atomic E-state index is 2.45. The second-order valence-corrected chi connectivity index (χ2v) is 12.9. The van der Waals surface area contributed by atoms with E-state index in [1.54, 1.807) is 4.90 Å². The maximum atomic E-state index is 2.45. The molecule has 0 rings (SSSR count). The average Bonchev–Trinajstić information content (AvgIpc) is 2.77.